The molecule has 0 atom stereocenters. The van der Waals surface area contributed by atoms with E-state index >= 15 is 0 Å². The molecule has 0 amide bonds. The minimum Gasteiger partial charge on any atom is -0.494 e. The van der Waals surface area contributed by atoms with Gasteiger partial charge in [0.05, 0.1) is 24.8 Å². The van der Waals surface area contributed by atoms with Gasteiger partial charge in [0, 0.05) is 24.2 Å². The smallest absolute Gasteiger partial charge is 0.216 e. The Balaban J connectivity index is 1.86. The van der Waals surface area contributed by atoms with Crippen molar-refractivity contribution >= 4 is 11.3 Å². The molecule has 120 valence electrons. The van der Waals surface area contributed by atoms with Gasteiger partial charge in [0.2, 0.25) is 5.82 Å². The monoisotopic (exact) mass is 322 g/mol. The standard InChI is InChI=1S/C15H14N8O/c1-10-8-23(9-18-10)13-4-3-12(5-14(13)24-2)17-7-11(6-16)15-19-21-22-20-15/h3-5,7-9,17H,1-2H3,(H,19,20,21,22). The third-order valence-corrected chi connectivity index (χ3v) is 3.26. The topological polar surface area (TPSA) is 117 Å². The first-order chi connectivity index (χ1) is 11.7. The van der Waals surface area contributed by atoms with Gasteiger partial charge in [-0.2, -0.15) is 10.5 Å². The van der Waals surface area contributed by atoms with Crippen LogP contribution < -0.4 is 10.1 Å². The van der Waals surface area contributed by atoms with Gasteiger partial charge in [-0.05, 0) is 24.3 Å². The van der Waals surface area contributed by atoms with Crippen molar-refractivity contribution in [2.45, 2.75) is 6.92 Å². The molecular formula is C15H14N8O. The highest BCUT2D eigenvalue weighted by molar-refractivity contribution is 5.74. The van der Waals surface area contributed by atoms with E-state index in [2.05, 4.69) is 30.9 Å². The van der Waals surface area contributed by atoms with Crippen molar-refractivity contribution in [3.05, 3.63) is 48.4 Å². The molecule has 0 unspecified atom stereocenters. The highest BCUT2D eigenvalue weighted by Gasteiger charge is 2.08. The lowest BCUT2D eigenvalue weighted by molar-refractivity contribution is 0.413. The molecule has 9 nitrogen and oxygen atoms in total. The number of hydrogen-bond acceptors (Lipinski definition) is 7. The Morgan fingerprint density at radius 3 is 2.96 bits per heavy atom. The SMILES string of the molecule is COc1cc(NC=C(C#N)c2nn[nH]n2)ccc1-n1cnc(C)c1. The molecule has 2 N–H and O–H groups in total. The van der Waals surface area contributed by atoms with Crippen LogP contribution in [0.3, 0.4) is 0 Å². The minimum atomic E-state index is 0.225. The van der Waals surface area contributed by atoms with E-state index in [0.29, 0.717) is 5.75 Å². The Morgan fingerprint density at radius 2 is 2.33 bits per heavy atom. The molecule has 0 bridgehead atoms. The summed E-state index contributed by atoms with van der Waals surface area (Å²) in [6.45, 7) is 1.92. The molecule has 9 heteroatoms. The number of hydrogen-bond donors (Lipinski definition) is 2. The van der Waals surface area contributed by atoms with Crippen molar-refractivity contribution in [1.29, 1.82) is 5.26 Å². The molecule has 24 heavy (non-hydrogen) atoms. The number of aryl methyl sites for hydroxylation is 1. The first-order valence-corrected chi connectivity index (χ1v) is 7.01. The van der Waals surface area contributed by atoms with Crippen LogP contribution in [0.25, 0.3) is 11.3 Å². The van der Waals surface area contributed by atoms with E-state index in [4.69, 9.17) is 10.00 Å². The van der Waals surface area contributed by atoms with Gasteiger partial charge < -0.3 is 14.6 Å². The molecule has 0 radical (unpaired) electrons. The number of allylic oxidation sites excluding steroid dienone is 1. The first kappa shape index (κ1) is 15.2. The summed E-state index contributed by atoms with van der Waals surface area (Å²) in [6, 6.07) is 7.61. The third-order valence-electron chi connectivity index (χ3n) is 3.26. The van der Waals surface area contributed by atoms with E-state index in [1.165, 1.54) is 6.20 Å². The van der Waals surface area contributed by atoms with Crippen LogP contribution in [0.5, 0.6) is 5.75 Å². The van der Waals surface area contributed by atoms with Crippen LogP contribution in [-0.2, 0) is 0 Å². The Bertz CT molecular complexity index is 904. The number of anilines is 1. The number of aromatic amines is 1. The second-order valence-corrected chi connectivity index (χ2v) is 4.86. The number of methoxy groups -OCH3 is 1. The number of tetrazole rings is 1. The van der Waals surface area contributed by atoms with Gasteiger partial charge >= 0.3 is 0 Å². The number of benzene rings is 1. The predicted octanol–water partition coefficient (Wildman–Crippen LogP) is 1.68. The van der Waals surface area contributed by atoms with Gasteiger partial charge in [0.1, 0.15) is 17.4 Å². The summed E-state index contributed by atoms with van der Waals surface area (Å²) in [4.78, 5) is 4.21. The van der Waals surface area contributed by atoms with Crippen LogP contribution in [0.2, 0.25) is 0 Å². The Hall–Kier alpha value is -3.67. The van der Waals surface area contributed by atoms with Crippen molar-refractivity contribution in [2.24, 2.45) is 0 Å². The summed E-state index contributed by atoms with van der Waals surface area (Å²) >= 11 is 0. The summed E-state index contributed by atoms with van der Waals surface area (Å²) in [7, 11) is 1.60. The summed E-state index contributed by atoms with van der Waals surface area (Å²) in [5, 5.41) is 25.5. The van der Waals surface area contributed by atoms with Crippen molar-refractivity contribution in [3.8, 4) is 17.5 Å². The van der Waals surface area contributed by atoms with Crippen molar-refractivity contribution in [1.82, 2.24) is 30.2 Å². The Kier molecular flexibility index (Phi) is 4.20. The van der Waals surface area contributed by atoms with Crippen molar-refractivity contribution in [2.75, 3.05) is 12.4 Å². The van der Waals surface area contributed by atoms with Crippen LogP contribution >= 0.6 is 0 Å². The maximum atomic E-state index is 9.16. The molecular weight excluding hydrogens is 308 g/mol. The Labute approximate surface area is 137 Å². The molecule has 2 heterocycles. The minimum absolute atomic E-state index is 0.225. The summed E-state index contributed by atoms with van der Waals surface area (Å²) in [5.74, 6) is 0.895. The van der Waals surface area contributed by atoms with Crippen LogP contribution in [0.4, 0.5) is 5.69 Å². The normalized spacial score (nSPS) is 11.1. The third kappa shape index (κ3) is 3.07. The second kappa shape index (κ2) is 6.62. The molecule has 0 spiro atoms. The maximum Gasteiger partial charge on any atom is 0.216 e. The van der Waals surface area contributed by atoms with E-state index in [-0.39, 0.29) is 11.4 Å². The number of ether oxygens (including phenoxy) is 1. The van der Waals surface area contributed by atoms with Crippen LogP contribution in [0.15, 0.2) is 36.9 Å². The molecule has 0 saturated carbocycles. The quantitative estimate of drug-likeness (QED) is 0.686. The lowest BCUT2D eigenvalue weighted by atomic mass is 10.2. The zero-order valence-electron chi connectivity index (χ0n) is 13.1. The summed E-state index contributed by atoms with van der Waals surface area (Å²) in [6.07, 6.45) is 5.15. The number of nitrogens with one attached hydrogen (secondary N) is 2. The van der Waals surface area contributed by atoms with Crippen LogP contribution in [0, 0.1) is 18.3 Å². The van der Waals surface area contributed by atoms with E-state index in [9.17, 15) is 0 Å². The fourth-order valence-electron chi connectivity index (χ4n) is 2.11. The predicted molar refractivity (Wildman–Crippen MR) is 86.2 cm³/mol. The van der Waals surface area contributed by atoms with Gasteiger partial charge in [0.15, 0.2) is 0 Å². The molecule has 1 aromatic carbocycles. The fourth-order valence-corrected chi connectivity index (χ4v) is 2.11. The van der Waals surface area contributed by atoms with Crippen molar-refractivity contribution < 1.29 is 4.74 Å². The number of aromatic nitrogens is 6. The highest BCUT2D eigenvalue weighted by atomic mass is 16.5. The number of nitriles is 1. The highest BCUT2D eigenvalue weighted by Crippen LogP contribution is 2.27. The Morgan fingerprint density at radius 1 is 1.46 bits per heavy atom. The van der Waals surface area contributed by atoms with Crippen LogP contribution in [0.1, 0.15) is 11.5 Å². The molecule has 0 aliphatic heterocycles. The van der Waals surface area contributed by atoms with Crippen LogP contribution in [-0.4, -0.2) is 37.3 Å². The van der Waals surface area contributed by atoms with Gasteiger partial charge in [-0.3, -0.25) is 0 Å². The molecule has 3 rings (SSSR count). The molecule has 0 aliphatic rings. The lowest BCUT2D eigenvalue weighted by Crippen LogP contribution is -1.98. The number of H-pyrrole nitrogens is 1. The molecule has 0 saturated heterocycles. The fraction of sp³-hybridized carbons (Fsp3) is 0.133. The van der Waals surface area contributed by atoms with Gasteiger partial charge in [-0.1, -0.05) is 0 Å². The second-order valence-electron chi connectivity index (χ2n) is 4.86. The number of imidazole rings is 1. The van der Waals surface area contributed by atoms with E-state index < -0.39 is 0 Å². The van der Waals surface area contributed by atoms with E-state index in [1.54, 1.807) is 13.4 Å². The molecule has 0 fully saturated rings. The molecule has 3 aromatic rings. The average Bonchev–Trinajstić information content (AvgIpc) is 3.27. The van der Waals surface area contributed by atoms with Gasteiger partial charge in [-0.25, -0.2) is 4.98 Å². The van der Waals surface area contributed by atoms with E-state index in [1.807, 2.05) is 42.0 Å². The van der Waals surface area contributed by atoms with Gasteiger partial charge in [0.25, 0.3) is 0 Å². The summed E-state index contributed by atoms with van der Waals surface area (Å²) < 4.78 is 7.32. The maximum absolute atomic E-state index is 9.16. The largest absolute Gasteiger partial charge is 0.494 e. The zero-order chi connectivity index (χ0) is 16.9. The number of rotatable bonds is 5. The van der Waals surface area contributed by atoms with Gasteiger partial charge in [-0.15, -0.1) is 10.2 Å². The zero-order valence-corrected chi connectivity index (χ0v) is 13.1. The lowest BCUT2D eigenvalue weighted by Gasteiger charge is -2.11. The van der Waals surface area contributed by atoms with E-state index in [0.717, 1.165) is 17.1 Å². The molecule has 2 aromatic heterocycles. The number of nitrogens with zero attached hydrogens (tertiary/aromatic N) is 6. The summed E-state index contributed by atoms with van der Waals surface area (Å²) in [5.41, 5.74) is 2.80. The molecule has 0 aliphatic carbocycles. The first-order valence-electron chi connectivity index (χ1n) is 7.01. The average molecular weight is 322 g/mol. The van der Waals surface area contributed by atoms with Crippen molar-refractivity contribution in [3.63, 3.8) is 0 Å².